The first-order valence-corrected chi connectivity index (χ1v) is 11.1. The third-order valence-corrected chi connectivity index (χ3v) is 6.15. The first-order chi connectivity index (χ1) is 15.7. The van der Waals surface area contributed by atoms with Gasteiger partial charge in [0.1, 0.15) is 0 Å². The Morgan fingerprint density at radius 1 is 0.906 bits per heavy atom. The Hall–Kier alpha value is -3.28. The van der Waals surface area contributed by atoms with Gasteiger partial charge in [0.25, 0.3) is 5.91 Å². The maximum Gasteiger partial charge on any atom is 0.254 e. The van der Waals surface area contributed by atoms with Crippen LogP contribution in [0.3, 0.4) is 0 Å². The van der Waals surface area contributed by atoms with Crippen LogP contribution in [0.15, 0.2) is 79.1 Å². The number of halogens is 1. The standard InChI is InChI=1S/C26H23ClN4O/c27-21-7-5-20(6-8-21)25-17-23(22-3-1-2-4-24(22)29-25)26(32)31-15-13-30(14-16-31)18-19-9-11-28-12-10-19/h1-12,17H,13-16,18H2. The number of para-hydroxylation sites is 1. The van der Waals surface area contributed by atoms with Gasteiger partial charge in [-0.15, -0.1) is 0 Å². The number of piperazine rings is 1. The van der Waals surface area contributed by atoms with E-state index >= 15 is 0 Å². The highest BCUT2D eigenvalue weighted by Gasteiger charge is 2.24. The highest BCUT2D eigenvalue weighted by Crippen LogP contribution is 2.27. The molecule has 4 aromatic rings. The molecule has 6 heteroatoms. The van der Waals surface area contributed by atoms with Crippen molar-refractivity contribution in [2.24, 2.45) is 0 Å². The molecule has 0 atom stereocenters. The van der Waals surface area contributed by atoms with Gasteiger partial charge >= 0.3 is 0 Å². The average molecular weight is 443 g/mol. The predicted octanol–water partition coefficient (Wildman–Crippen LogP) is 4.91. The van der Waals surface area contributed by atoms with Crippen LogP contribution in [-0.2, 0) is 6.54 Å². The third kappa shape index (κ3) is 4.35. The van der Waals surface area contributed by atoms with Gasteiger partial charge in [-0.2, -0.15) is 0 Å². The Labute approximate surface area is 192 Å². The SMILES string of the molecule is O=C(c1cc(-c2ccc(Cl)cc2)nc2ccccc12)N1CCN(Cc2ccncc2)CC1. The molecule has 0 saturated carbocycles. The van der Waals surface area contributed by atoms with Crippen molar-refractivity contribution in [3.63, 3.8) is 0 Å². The topological polar surface area (TPSA) is 49.3 Å². The molecule has 160 valence electrons. The van der Waals surface area contributed by atoms with Crippen molar-refractivity contribution in [2.75, 3.05) is 26.2 Å². The Kier molecular flexibility index (Phi) is 5.84. The first kappa shape index (κ1) is 20.6. The number of fused-ring (bicyclic) bond motifs is 1. The lowest BCUT2D eigenvalue weighted by Crippen LogP contribution is -2.48. The molecule has 1 aliphatic rings. The molecule has 3 heterocycles. The minimum atomic E-state index is 0.0578. The summed E-state index contributed by atoms with van der Waals surface area (Å²) in [7, 11) is 0. The summed E-state index contributed by atoms with van der Waals surface area (Å²) in [6.45, 7) is 3.99. The average Bonchev–Trinajstić information content (AvgIpc) is 2.84. The molecule has 0 bridgehead atoms. The van der Waals surface area contributed by atoms with E-state index in [2.05, 4.69) is 9.88 Å². The molecule has 0 unspecified atom stereocenters. The van der Waals surface area contributed by atoms with Crippen LogP contribution in [0.4, 0.5) is 0 Å². The van der Waals surface area contributed by atoms with Crippen LogP contribution in [0.2, 0.25) is 5.02 Å². The summed E-state index contributed by atoms with van der Waals surface area (Å²) in [4.78, 5) is 26.8. The molecule has 0 aliphatic carbocycles. The molecule has 0 radical (unpaired) electrons. The fraction of sp³-hybridized carbons (Fsp3) is 0.192. The van der Waals surface area contributed by atoms with Crippen LogP contribution in [0.25, 0.3) is 22.2 Å². The number of benzene rings is 2. The summed E-state index contributed by atoms with van der Waals surface area (Å²) in [6, 6.07) is 21.4. The molecule has 5 nitrogen and oxygen atoms in total. The molecule has 0 spiro atoms. The fourth-order valence-electron chi connectivity index (χ4n) is 4.15. The van der Waals surface area contributed by atoms with E-state index in [9.17, 15) is 4.79 Å². The minimum Gasteiger partial charge on any atom is -0.336 e. The van der Waals surface area contributed by atoms with Gasteiger partial charge in [0, 0.05) is 61.1 Å². The van der Waals surface area contributed by atoms with Gasteiger partial charge < -0.3 is 4.90 Å². The van der Waals surface area contributed by atoms with E-state index in [0.29, 0.717) is 23.7 Å². The van der Waals surface area contributed by atoms with Gasteiger partial charge in [-0.05, 0) is 42.0 Å². The lowest BCUT2D eigenvalue weighted by molar-refractivity contribution is 0.0630. The van der Waals surface area contributed by atoms with E-state index in [1.165, 1.54) is 5.56 Å². The van der Waals surface area contributed by atoms with Crippen molar-refractivity contribution in [1.29, 1.82) is 0 Å². The number of carbonyl (C=O) groups excluding carboxylic acids is 1. The number of amides is 1. The summed E-state index contributed by atoms with van der Waals surface area (Å²) < 4.78 is 0. The van der Waals surface area contributed by atoms with Crippen LogP contribution in [0.1, 0.15) is 15.9 Å². The van der Waals surface area contributed by atoms with Crippen molar-refractivity contribution in [3.8, 4) is 11.3 Å². The number of nitrogens with zero attached hydrogens (tertiary/aromatic N) is 4. The highest BCUT2D eigenvalue weighted by molar-refractivity contribution is 6.30. The second-order valence-electron chi connectivity index (χ2n) is 8.00. The normalized spacial score (nSPS) is 14.6. The molecule has 5 rings (SSSR count). The Morgan fingerprint density at radius 2 is 1.62 bits per heavy atom. The van der Waals surface area contributed by atoms with E-state index in [0.717, 1.165) is 41.8 Å². The molecule has 2 aromatic carbocycles. The molecular weight excluding hydrogens is 420 g/mol. The summed E-state index contributed by atoms with van der Waals surface area (Å²) >= 11 is 6.05. The summed E-state index contributed by atoms with van der Waals surface area (Å²) in [5.74, 6) is 0.0578. The molecule has 1 saturated heterocycles. The zero-order valence-electron chi connectivity index (χ0n) is 17.6. The van der Waals surface area contributed by atoms with Gasteiger partial charge in [0.2, 0.25) is 0 Å². The summed E-state index contributed by atoms with van der Waals surface area (Å²) in [6.07, 6.45) is 3.64. The van der Waals surface area contributed by atoms with Crippen molar-refractivity contribution < 1.29 is 4.79 Å². The van der Waals surface area contributed by atoms with Crippen LogP contribution in [-0.4, -0.2) is 51.9 Å². The van der Waals surface area contributed by atoms with Gasteiger partial charge in [-0.25, -0.2) is 4.98 Å². The molecule has 2 aromatic heterocycles. The molecular formula is C26H23ClN4O. The van der Waals surface area contributed by atoms with Crippen molar-refractivity contribution in [3.05, 3.63) is 95.3 Å². The Morgan fingerprint density at radius 3 is 2.38 bits per heavy atom. The largest absolute Gasteiger partial charge is 0.336 e. The third-order valence-electron chi connectivity index (χ3n) is 5.90. The number of hydrogen-bond donors (Lipinski definition) is 0. The number of aromatic nitrogens is 2. The molecule has 1 fully saturated rings. The van der Waals surface area contributed by atoms with E-state index in [1.807, 2.05) is 84.0 Å². The van der Waals surface area contributed by atoms with Gasteiger partial charge in [-0.1, -0.05) is 41.9 Å². The molecule has 1 aliphatic heterocycles. The zero-order chi connectivity index (χ0) is 21.9. The van der Waals surface area contributed by atoms with E-state index < -0.39 is 0 Å². The van der Waals surface area contributed by atoms with E-state index in [-0.39, 0.29) is 5.91 Å². The Balaban J connectivity index is 1.39. The molecule has 1 amide bonds. The minimum absolute atomic E-state index is 0.0578. The van der Waals surface area contributed by atoms with E-state index in [1.54, 1.807) is 0 Å². The van der Waals surface area contributed by atoms with E-state index in [4.69, 9.17) is 16.6 Å². The van der Waals surface area contributed by atoms with Crippen LogP contribution >= 0.6 is 11.6 Å². The smallest absolute Gasteiger partial charge is 0.254 e. The summed E-state index contributed by atoms with van der Waals surface area (Å²) in [5, 5.41) is 1.56. The first-order valence-electron chi connectivity index (χ1n) is 10.7. The number of hydrogen-bond acceptors (Lipinski definition) is 4. The maximum absolute atomic E-state index is 13.6. The van der Waals surface area contributed by atoms with Crippen LogP contribution in [0.5, 0.6) is 0 Å². The monoisotopic (exact) mass is 442 g/mol. The second-order valence-corrected chi connectivity index (χ2v) is 8.44. The Bertz CT molecular complexity index is 1240. The lowest BCUT2D eigenvalue weighted by atomic mass is 10.0. The van der Waals surface area contributed by atoms with Gasteiger partial charge in [0.15, 0.2) is 0 Å². The molecule has 32 heavy (non-hydrogen) atoms. The predicted molar refractivity (Wildman–Crippen MR) is 128 cm³/mol. The van der Waals surface area contributed by atoms with Gasteiger partial charge in [0.05, 0.1) is 16.8 Å². The van der Waals surface area contributed by atoms with Gasteiger partial charge in [-0.3, -0.25) is 14.7 Å². The zero-order valence-corrected chi connectivity index (χ0v) is 18.4. The maximum atomic E-state index is 13.6. The lowest BCUT2D eigenvalue weighted by Gasteiger charge is -2.35. The second kappa shape index (κ2) is 9.07. The quantitative estimate of drug-likeness (QED) is 0.450. The summed E-state index contributed by atoms with van der Waals surface area (Å²) in [5.41, 5.74) is 4.48. The van der Waals surface area contributed by atoms with Crippen molar-refractivity contribution in [2.45, 2.75) is 6.54 Å². The van der Waals surface area contributed by atoms with Crippen LogP contribution < -0.4 is 0 Å². The number of rotatable bonds is 4. The molecule has 0 N–H and O–H groups in total. The fourth-order valence-corrected chi connectivity index (χ4v) is 4.27. The van der Waals surface area contributed by atoms with Crippen molar-refractivity contribution >= 4 is 28.4 Å². The van der Waals surface area contributed by atoms with Crippen molar-refractivity contribution in [1.82, 2.24) is 19.8 Å². The highest BCUT2D eigenvalue weighted by atomic mass is 35.5. The van der Waals surface area contributed by atoms with Crippen LogP contribution in [0, 0.1) is 0 Å². The number of carbonyl (C=O) groups is 1. The number of pyridine rings is 2.